The highest BCUT2D eigenvalue weighted by Gasteiger charge is 2.35. The second-order valence-electron chi connectivity index (χ2n) is 5.24. The van der Waals surface area contributed by atoms with Gasteiger partial charge in [-0.15, -0.1) is 0 Å². The largest absolute Gasteiger partial charge is 0.469 e. The van der Waals surface area contributed by atoms with Crippen molar-refractivity contribution in [2.75, 3.05) is 13.7 Å². The van der Waals surface area contributed by atoms with E-state index in [4.69, 9.17) is 27.9 Å². The van der Waals surface area contributed by atoms with Crippen molar-refractivity contribution in [2.24, 2.45) is 5.92 Å². The number of rotatable bonds is 5. The fourth-order valence-electron chi connectivity index (χ4n) is 2.15. The van der Waals surface area contributed by atoms with Crippen LogP contribution in [0.2, 0.25) is 10.0 Å². The van der Waals surface area contributed by atoms with Gasteiger partial charge >= 0.3 is 5.97 Å². The summed E-state index contributed by atoms with van der Waals surface area (Å²) in [5.74, 6) is -0.809. The number of carbonyl (C=O) groups excluding carboxylic acids is 2. The molecular weight excluding hydrogens is 313 g/mol. The van der Waals surface area contributed by atoms with Gasteiger partial charge in [-0.3, -0.25) is 9.59 Å². The summed E-state index contributed by atoms with van der Waals surface area (Å²) in [5.41, 5.74) is 0.480. The summed E-state index contributed by atoms with van der Waals surface area (Å²) in [6.45, 7) is 2.10. The molecular formula is C15H17Cl2NO3. The van der Waals surface area contributed by atoms with Gasteiger partial charge in [-0.1, -0.05) is 30.1 Å². The van der Waals surface area contributed by atoms with Gasteiger partial charge in [0.05, 0.1) is 23.1 Å². The predicted molar refractivity (Wildman–Crippen MR) is 81.7 cm³/mol. The van der Waals surface area contributed by atoms with Gasteiger partial charge in [0.15, 0.2) is 0 Å². The number of methoxy groups -OCH3 is 1. The number of halogens is 2. The normalized spacial score (nSPS) is 15.4. The molecule has 1 saturated carbocycles. The zero-order valence-corrected chi connectivity index (χ0v) is 13.4. The Hall–Kier alpha value is -1.26. The quantitative estimate of drug-likeness (QED) is 0.778. The third-order valence-corrected chi connectivity index (χ3v) is 4.23. The van der Waals surface area contributed by atoms with E-state index >= 15 is 0 Å². The summed E-state index contributed by atoms with van der Waals surface area (Å²) in [5, 5.41) is 0.758. The molecule has 0 heterocycles. The van der Waals surface area contributed by atoms with Crippen molar-refractivity contribution in [2.45, 2.75) is 25.8 Å². The Morgan fingerprint density at radius 3 is 2.52 bits per heavy atom. The molecule has 21 heavy (non-hydrogen) atoms. The van der Waals surface area contributed by atoms with Crippen molar-refractivity contribution < 1.29 is 14.3 Å². The standard InChI is InChI=1S/C15H17Cl2NO3/c1-9(15(20)21-2)8-18(11-4-5-11)14(19)10-3-6-12(16)13(17)7-10/h3,6-7,9,11H,4-5,8H2,1-2H3. The molecule has 1 atom stereocenters. The van der Waals surface area contributed by atoms with Crippen LogP contribution in [0.25, 0.3) is 0 Å². The van der Waals surface area contributed by atoms with Crippen molar-refractivity contribution >= 4 is 35.1 Å². The van der Waals surface area contributed by atoms with Gasteiger partial charge in [0, 0.05) is 18.2 Å². The van der Waals surface area contributed by atoms with Crippen LogP contribution in [0.3, 0.4) is 0 Å². The zero-order valence-electron chi connectivity index (χ0n) is 11.9. The van der Waals surface area contributed by atoms with E-state index in [0.29, 0.717) is 22.2 Å². The van der Waals surface area contributed by atoms with Crippen molar-refractivity contribution in [3.05, 3.63) is 33.8 Å². The Balaban J connectivity index is 2.15. The second kappa shape index (κ2) is 6.67. The van der Waals surface area contributed by atoms with Crippen LogP contribution in [0.4, 0.5) is 0 Å². The Morgan fingerprint density at radius 1 is 1.33 bits per heavy atom. The highest BCUT2D eigenvalue weighted by Crippen LogP contribution is 2.30. The molecule has 1 unspecified atom stereocenters. The van der Waals surface area contributed by atoms with Crippen LogP contribution < -0.4 is 0 Å². The van der Waals surface area contributed by atoms with Crippen LogP contribution >= 0.6 is 23.2 Å². The lowest BCUT2D eigenvalue weighted by Gasteiger charge is -2.25. The van der Waals surface area contributed by atoms with Crippen molar-refractivity contribution in [1.29, 1.82) is 0 Å². The first-order valence-corrected chi connectivity index (χ1v) is 7.53. The lowest BCUT2D eigenvalue weighted by molar-refractivity contribution is -0.145. The molecule has 1 aromatic rings. The highest BCUT2D eigenvalue weighted by atomic mass is 35.5. The Labute approximate surface area is 134 Å². The van der Waals surface area contributed by atoms with Gasteiger partial charge < -0.3 is 9.64 Å². The molecule has 0 aromatic heterocycles. The number of benzene rings is 1. The van der Waals surface area contributed by atoms with E-state index in [1.54, 1.807) is 30.0 Å². The van der Waals surface area contributed by atoms with Gasteiger partial charge in [-0.05, 0) is 31.0 Å². The molecule has 1 aliphatic rings. The minimum absolute atomic E-state index is 0.133. The zero-order chi connectivity index (χ0) is 15.6. The number of amides is 1. The lowest BCUT2D eigenvalue weighted by Crippen LogP contribution is -2.38. The molecule has 0 spiro atoms. The molecule has 0 saturated heterocycles. The molecule has 0 N–H and O–H groups in total. The van der Waals surface area contributed by atoms with Crippen LogP contribution in [0.1, 0.15) is 30.1 Å². The van der Waals surface area contributed by atoms with E-state index in [1.165, 1.54) is 7.11 Å². The summed E-state index contributed by atoms with van der Waals surface area (Å²) < 4.78 is 4.72. The molecule has 1 fully saturated rings. The molecule has 0 aliphatic heterocycles. The summed E-state index contributed by atoms with van der Waals surface area (Å²) in [6, 6.07) is 5.00. The minimum atomic E-state index is -0.359. The number of nitrogens with zero attached hydrogens (tertiary/aromatic N) is 1. The summed E-state index contributed by atoms with van der Waals surface area (Å²) >= 11 is 11.8. The summed E-state index contributed by atoms with van der Waals surface area (Å²) in [4.78, 5) is 25.9. The summed E-state index contributed by atoms with van der Waals surface area (Å²) in [7, 11) is 1.35. The molecule has 0 radical (unpaired) electrons. The fraction of sp³-hybridized carbons (Fsp3) is 0.467. The smallest absolute Gasteiger partial charge is 0.310 e. The predicted octanol–water partition coefficient (Wildman–Crippen LogP) is 3.41. The van der Waals surface area contributed by atoms with Gasteiger partial charge in [0.25, 0.3) is 5.91 Å². The first-order valence-electron chi connectivity index (χ1n) is 6.78. The number of esters is 1. The van der Waals surface area contributed by atoms with Crippen LogP contribution in [0, 0.1) is 5.92 Å². The average molecular weight is 330 g/mol. The van der Waals surface area contributed by atoms with E-state index in [2.05, 4.69) is 0 Å². The number of ether oxygens (including phenoxy) is 1. The number of carbonyl (C=O) groups is 2. The van der Waals surface area contributed by atoms with Crippen LogP contribution in [-0.2, 0) is 9.53 Å². The van der Waals surface area contributed by atoms with E-state index in [9.17, 15) is 9.59 Å². The molecule has 1 aliphatic carbocycles. The maximum absolute atomic E-state index is 12.6. The first-order chi connectivity index (χ1) is 9.93. The second-order valence-corrected chi connectivity index (χ2v) is 6.06. The molecule has 1 amide bonds. The Morgan fingerprint density at radius 2 is 2.00 bits per heavy atom. The van der Waals surface area contributed by atoms with Crippen molar-refractivity contribution in [3.63, 3.8) is 0 Å². The molecule has 114 valence electrons. The first kappa shape index (κ1) is 16.1. The van der Waals surface area contributed by atoms with Crippen LogP contribution in [0.15, 0.2) is 18.2 Å². The molecule has 2 rings (SSSR count). The topological polar surface area (TPSA) is 46.6 Å². The SMILES string of the molecule is COC(=O)C(C)CN(C(=O)c1ccc(Cl)c(Cl)c1)C1CC1. The van der Waals surface area contributed by atoms with Gasteiger partial charge in [0.1, 0.15) is 0 Å². The third-order valence-electron chi connectivity index (χ3n) is 3.49. The molecule has 6 heteroatoms. The Kier molecular flexibility index (Phi) is 5.12. The number of hydrogen-bond donors (Lipinski definition) is 0. The number of hydrogen-bond acceptors (Lipinski definition) is 3. The van der Waals surface area contributed by atoms with E-state index in [1.807, 2.05) is 0 Å². The van der Waals surface area contributed by atoms with Crippen molar-refractivity contribution in [3.8, 4) is 0 Å². The Bertz CT molecular complexity index is 558. The maximum Gasteiger partial charge on any atom is 0.310 e. The maximum atomic E-state index is 12.6. The van der Waals surface area contributed by atoms with E-state index < -0.39 is 0 Å². The van der Waals surface area contributed by atoms with E-state index in [-0.39, 0.29) is 23.8 Å². The van der Waals surface area contributed by atoms with Gasteiger partial charge in [-0.2, -0.15) is 0 Å². The van der Waals surface area contributed by atoms with E-state index in [0.717, 1.165) is 12.8 Å². The molecule has 1 aromatic carbocycles. The summed E-state index contributed by atoms with van der Waals surface area (Å²) in [6.07, 6.45) is 1.92. The minimum Gasteiger partial charge on any atom is -0.469 e. The third kappa shape index (κ3) is 3.89. The highest BCUT2D eigenvalue weighted by molar-refractivity contribution is 6.42. The fourth-order valence-corrected chi connectivity index (χ4v) is 2.45. The van der Waals surface area contributed by atoms with Crippen LogP contribution in [0.5, 0.6) is 0 Å². The van der Waals surface area contributed by atoms with Crippen molar-refractivity contribution in [1.82, 2.24) is 4.90 Å². The van der Waals surface area contributed by atoms with Gasteiger partial charge in [0.2, 0.25) is 0 Å². The molecule has 4 nitrogen and oxygen atoms in total. The molecule has 0 bridgehead atoms. The monoisotopic (exact) mass is 329 g/mol. The van der Waals surface area contributed by atoms with Crippen LogP contribution in [-0.4, -0.2) is 36.5 Å². The average Bonchev–Trinajstić information content (AvgIpc) is 3.30. The van der Waals surface area contributed by atoms with Gasteiger partial charge in [-0.25, -0.2) is 0 Å². The lowest BCUT2D eigenvalue weighted by atomic mass is 10.1.